The minimum absolute atomic E-state index is 0.0920. The van der Waals surface area contributed by atoms with Crippen LogP contribution in [0, 0.1) is 0 Å². The van der Waals surface area contributed by atoms with Crippen molar-refractivity contribution in [2.45, 2.75) is 19.4 Å². The molecule has 0 radical (unpaired) electrons. The number of amides is 2. The van der Waals surface area contributed by atoms with Crippen LogP contribution in [0.5, 0.6) is 11.5 Å². The van der Waals surface area contributed by atoms with Crippen molar-refractivity contribution < 1.29 is 23.6 Å². The van der Waals surface area contributed by atoms with E-state index in [0.29, 0.717) is 30.0 Å². The molecule has 9 nitrogen and oxygen atoms in total. The van der Waals surface area contributed by atoms with Gasteiger partial charge >= 0.3 is 0 Å². The maximum atomic E-state index is 12.6. The Kier molecular flexibility index (Phi) is 6.16. The number of methoxy groups -OCH3 is 2. The zero-order chi connectivity index (χ0) is 22.5. The highest BCUT2D eigenvalue weighted by Gasteiger charge is 2.23. The lowest BCUT2D eigenvalue weighted by Gasteiger charge is -2.25. The van der Waals surface area contributed by atoms with Crippen LogP contribution in [0.3, 0.4) is 0 Å². The van der Waals surface area contributed by atoms with Crippen molar-refractivity contribution in [3.63, 3.8) is 0 Å². The van der Waals surface area contributed by atoms with E-state index in [4.69, 9.17) is 14.0 Å². The van der Waals surface area contributed by atoms with Crippen molar-refractivity contribution in [3.05, 3.63) is 71.6 Å². The predicted octanol–water partition coefficient (Wildman–Crippen LogP) is 3.47. The lowest BCUT2D eigenvalue weighted by atomic mass is 10.0. The number of nitrogens with one attached hydrogen (secondary N) is 1. The number of rotatable bonds is 7. The number of carbonyl (C=O) groups excluding carboxylic acids is 2. The molecule has 2 amide bonds. The first kappa shape index (κ1) is 21.1. The molecule has 0 atom stereocenters. The Morgan fingerprint density at radius 3 is 2.66 bits per heavy atom. The average molecular weight is 434 g/mol. The normalized spacial score (nSPS) is 13.5. The monoisotopic (exact) mass is 434 g/mol. The van der Waals surface area contributed by atoms with Gasteiger partial charge in [-0.1, -0.05) is 23.4 Å². The summed E-state index contributed by atoms with van der Waals surface area (Å²) in [5.41, 5.74) is 2.93. The van der Waals surface area contributed by atoms with Gasteiger partial charge in [-0.05, 0) is 29.8 Å². The Hall–Kier alpha value is -4.14. The Morgan fingerprint density at radius 2 is 1.91 bits per heavy atom. The molecule has 32 heavy (non-hydrogen) atoms. The second-order valence-corrected chi connectivity index (χ2v) is 7.06. The molecule has 164 valence electrons. The highest BCUT2D eigenvalue weighted by molar-refractivity contribution is 6.05. The molecular weight excluding hydrogens is 412 g/mol. The Bertz CT molecular complexity index is 1160. The molecule has 0 spiro atoms. The maximum Gasteiger partial charge on any atom is 0.294 e. The summed E-state index contributed by atoms with van der Waals surface area (Å²) in [6.07, 6.45) is 2.26. The van der Waals surface area contributed by atoms with Crippen LogP contribution in [0.2, 0.25) is 0 Å². The minimum Gasteiger partial charge on any atom is -0.493 e. The van der Waals surface area contributed by atoms with Crippen LogP contribution in [-0.2, 0) is 11.3 Å². The van der Waals surface area contributed by atoms with E-state index in [1.165, 1.54) is 17.3 Å². The molecule has 0 aliphatic carbocycles. The molecule has 1 aromatic heterocycles. The number of ether oxygens (including phenoxy) is 2. The van der Waals surface area contributed by atoms with E-state index < -0.39 is 5.91 Å². The second kappa shape index (κ2) is 9.34. The number of carbonyl (C=O) groups is 2. The molecule has 0 unspecified atom stereocenters. The molecule has 2 aromatic carbocycles. The zero-order valence-electron chi connectivity index (χ0n) is 17.7. The molecule has 0 saturated heterocycles. The van der Waals surface area contributed by atoms with E-state index in [1.54, 1.807) is 26.4 Å². The smallest absolute Gasteiger partial charge is 0.294 e. The van der Waals surface area contributed by atoms with Crippen LogP contribution >= 0.6 is 0 Å². The van der Waals surface area contributed by atoms with E-state index in [2.05, 4.69) is 15.6 Å². The Labute approximate surface area is 184 Å². The SMILES string of the molecule is COc1ccc(C2=NN(Cc3ccccc3NC(=O)c3ccno3)C(=O)CC2)cc1OC. The first-order valence-corrected chi connectivity index (χ1v) is 9.99. The van der Waals surface area contributed by atoms with Gasteiger partial charge in [0.1, 0.15) is 0 Å². The zero-order valence-corrected chi connectivity index (χ0v) is 17.7. The van der Waals surface area contributed by atoms with Crippen molar-refractivity contribution in [1.82, 2.24) is 10.2 Å². The average Bonchev–Trinajstić information content (AvgIpc) is 3.36. The molecule has 0 bridgehead atoms. The third kappa shape index (κ3) is 4.46. The van der Waals surface area contributed by atoms with E-state index in [9.17, 15) is 9.59 Å². The Morgan fingerprint density at radius 1 is 1.09 bits per heavy atom. The summed E-state index contributed by atoms with van der Waals surface area (Å²) in [4.78, 5) is 24.9. The largest absolute Gasteiger partial charge is 0.493 e. The van der Waals surface area contributed by atoms with E-state index in [0.717, 1.165) is 16.8 Å². The number of nitrogens with zero attached hydrogens (tertiary/aromatic N) is 3. The van der Waals surface area contributed by atoms with Crippen molar-refractivity contribution in [1.29, 1.82) is 0 Å². The number of para-hydroxylation sites is 1. The Balaban J connectivity index is 1.58. The van der Waals surface area contributed by atoms with Crippen molar-refractivity contribution in [2.24, 2.45) is 5.10 Å². The minimum atomic E-state index is -0.422. The second-order valence-electron chi connectivity index (χ2n) is 7.06. The van der Waals surface area contributed by atoms with Crippen LogP contribution < -0.4 is 14.8 Å². The lowest BCUT2D eigenvalue weighted by Crippen LogP contribution is -2.32. The lowest BCUT2D eigenvalue weighted by molar-refractivity contribution is -0.132. The fourth-order valence-corrected chi connectivity index (χ4v) is 3.41. The highest BCUT2D eigenvalue weighted by atomic mass is 16.5. The van der Waals surface area contributed by atoms with E-state index in [1.807, 2.05) is 30.3 Å². The molecule has 2 heterocycles. The molecule has 1 N–H and O–H groups in total. The van der Waals surface area contributed by atoms with Crippen LogP contribution in [0.25, 0.3) is 0 Å². The third-order valence-electron chi connectivity index (χ3n) is 5.07. The van der Waals surface area contributed by atoms with Gasteiger partial charge in [-0.3, -0.25) is 9.59 Å². The summed E-state index contributed by atoms with van der Waals surface area (Å²) in [5.74, 6) is 0.802. The number of hydrogen-bond donors (Lipinski definition) is 1. The molecule has 1 aliphatic heterocycles. The van der Waals surface area contributed by atoms with Gasteiger partial charge in [0.05, 0.1) is 32.7 Å². The first-order valence-electron chi connectivity index (χ1n) is 9.99. The summed E-state index contributed by atoms with van der Waals surface area (Å²) in [6.45, 7) is 0.211. The fraction of sp³-hybridized carbons (Fsp3) is 0.217. The molecular formula is C23H22N4O5. The van der Waals surface area contributed by atoms with Gasteiger partial charge in [0.25, 0.3) is 5.91 Å². The summed E-state index contributed by atoms with van der Waals surface area (Å²) in [7, 11) is 3.15. The van der Waals surface area contributed by atoms with E-state index in [-0.39, 0.29) is 18.2 Å². The van der Waals surface area contributed by atoms with Crippen molar-refractivity contribution in [2.75, 3.05) is 19.5 Å². The number of hydrogen-bond acceptors (Lipinski definition) is 7. The summed E-state index contributed by atoms with van der Waals surface area (Å²) in [6, 6.07) is 14.3. The number of aromatic nitrogens is 1. The van der Waals surface area contributed by atoms with Gasteiger partial charge in [-0.2, -0.15) is 5.10 Å². The molecule has 0 saturated carbocycles. The van der Waals surface area contributed by atoms with Crippen LogP contribution in [-0.4, -0.2) is 41.9 Å². The van der Waals surface area contributed by atoms with Gasteiger partial charge in [0.2, 0.25) is 11.7 Å². The van der Waals surface area contributed by atoms with Gasteiger partial charge in [0, 0.05) is 30.2 Å². The summed E-state index contributed by atoms with van der Waals surface area (Å²) in [5, 5.41) is 12.4. The predicted molar refractivity (Wildman–Crippen MR) is 117 cm³/mol. The highest BCUT2D eigenvalue weighted by Crippen LogP contribution is 2.29. The fourth-order valence-electron chi connectivity index (χ4n) is 3.41. The van der Waals surface area contributed by atoms with E-state index >= 15 is 0 Å². The number of anilines is 1. The van der Waals surface area contributed by atoms with Gasteiger partial charge in [-0.15, -0.1) is 0 Å². The van der Waals surface area contributed by atoms with Crippen LogP contribution in [0.4, 0.5) is 5.69 Å². The molecule has 4 rings (SSSR count). The third-order valence-corrected chi connectivity index (χ3v) is 5.07. The summed E-state index contributed by atoms with van der Waals surface area (Å²) >= 11 is 0. The van der Waals surface area contributed by atoms with Gasteiger partial charge in [0.15, 0.2) is 11.5 Å². The van der Waals surface area contributed by atoms with Crippen LogP contribution in [0.15, 0.2) is 64.4 Å². The van der Waals surface area contributed by atoms with Gasteiger partial charge < -0.3 is 19.3 Å². The van der Waals surface area contributed by atoms with Crippen LogP contribution in [0.1, 0.15) is 34.5 Å². The number of hydrazone groups is 1. The topological polar surface area (TPSA) is 106 Å². The summed E-state index contributed by atoms with van der Waals surface area (Å²) < 4.78 is 15.6. The molecule has 3 aromatic rings. The molecule has 1 aliphatic rings. The quantitative estimate of drug-likeness (QED) is 0.610. The van der Waals surface area contributed by atoms with Crippen molar-refractivity contribution in [3.8, 4) is 11.5 Å². The standard InChI is InChI=1S/C23H22N4O5/c1-30-19-9-7-15(13-21(19)31-2)18-8-10-22(28)27(26-18)14-16-5-3-4-6-17(16)25-23(29)20-11-12-24-32-20/h3-7,9,11-13H,8,10,14H2,1-2H3,(H,25,29). The number of benzene rings is 2. The molecule has 9 heteroatoms. The van der Waals surface area contributed by atoms with Gasteiger partial charge in [-0.25, -0.2) is 5.01 Å². The molecule has 0 fully saturated rings. The first-order chi connectivity index (χ1) is 15.6. The maximum absolute atomic E-state index is 12.6. The van der Waals surface area contributed by atoms with Crippen molar-refractivity contribution >= 4 is 23.2 Å².